The predicted molar refractivity (Wildman–Crippen MR) is 66.0 cm³/mol. The first kappa shape index (κ1) is 11.8. The van der Waals surface area contributed by atoms with Gasteiger partial charge in [0.25, 0.3) is 0 Å². The van der Waals surface area contributed by atoms with Crippen LogP contribution in [0, 0.1) is 17.1 Å². The van der Waals surface area contributed by atoms with E-state index in [2.05, 4.69) is 11.4 Å². The van der Waals surface area contributed by atoms with Crippen molar-refractivity contribution >= 4 is 11.3 Å². The first-order valence-corrected chi connectivity index (χ1v) is 6.09. The van der Waals surface area contributed by atoms with Crippen molar-refractivity contribution in [2.75, 3.05) is 0 Å². The summed E-state index contributed by atoms with van der Waals surface area (Å²) in [7, 11) is 0. The summed E-state index contributed by atoms with van der Waals surface area (Å²) in [6, 6.07) is 10.3. The van der Waals surface area contributed by atoms with Gasteiger partial charge in [-0.05, 0) is 35.2 Å². The molecule has 2 aromatic rings. The Kier molecular flexibility index (Phi) is 3.86. The van der Waals surface area contributed by atoms with Crippen LogP contribution in [0.5, 0.6) is 0 Å². The van der Waals surface area contributed by atoms with Gasteiger partial charge in [-0.2, -0.15) is 5.26 Å². The van der Waals surface area contributed by atoms with Gasteiger partial charge in [-0.25, -0.2) is 4.39 Å². The van der Waals surface area contributed by atoms with Gasteiger partial charge in [-0.1, -0.05) is 6.07 Å². The summed E-state index contributed by atoms with van der Waals surface area (Å²) in [6.45, 7) is 1.23. The van der Waals surface area contributed by atoms with Crippen molar-refractivity contribution in [3.8, 4) is 6.07 Å². The maximum atomic E-state index is 13.0. The first-order valence-electron chi connectivity index (χ1n) is 5.21. The highest BCUT2D eigenvalue weighted by Crippen LogP contribution is 2.11. The van der Waals surface area contributed by atoms with Crippen LogP contribution in [-0.2, 0) is 13.1 Å². The summed E-state index contributed by atoms with van der Waals surface area (Å²) in [5.41, 5.74) is 1.22. The minimum Gasteiger partial charge on any atom is -0.308 e. The van der Waals surface area contributed by atoms with Crippen molar-refractivity contribution in [2.24, 2.45) is 0 Å². The molecule has 1 N–H and O–H groups in total. The van der Waals surface area contributed by atoms with E-state index in [1.165, 1.54) is 23.1 Å². The summed E-state index contributed by atoms with van der Waals surface area (Å²) in [5, 5.41) is 14.1. The van der Waals surface area contributed by atoms with Crippen LogP contribution in [0.25, 0.3) is 0 Å². The normalized spacial score (nSPS) is 10.1. The minimum atomic E-state index is -0.308. The fourth-order valence-electron chi connectivity index (χ4n) is 1.55. The lowest BCUT2D eigenvalue weighted by Gasteiger charge is -2.05. The lowest BCUT2D eigenvalue weighted by molar-refractivity contribution is 0.620. The van der Waals surface area contributed by atoms with Crippen LogP contribution in [0.15, 0.2) is 35.7 Å². The quantitative estimate of drug-likeness (QED) is 0.900. The number of nitrogens with one attached hydrogen (secondary N) is 1. The molecule has 0 bridgehead atoms. The molecule has 0 aliphatic heterocycles. The molecule has 0 saturated carbocycles. The number of benzene rings is 1. The van der Waals surface area contributed by atoms with E-state index < -0.39 is 0 Å². The van der Waals surface area contributed by atoms with Crippen molar-refractivity contribution in [1.82, 2.24) is 5.32 Å². The fraction of sp³-hybridized carbons (Fsp3) is 0.154. The molecular formula is C13H11FN2S. The van der Waals surface area contributed by atoms with Crippen LogP contribution in [0.1, 0.15) is 16.0 Å². The number of hydrogen-bond donors (Lipinski definition) is 1. The molecule has 0 fully saturated rings. The lowest BCUT2D eigenvalue weighted by Crippen LogP contribution is -2.13. The molecule has 0 radical (unpaired) electrons. The molecule has 2 nitrogen and oxygen atoms in total. The van der Waals surface area contributed by atoms with Gasteiger partial charge in [-0.3, -0.25) is 0 Å². The highest BCUT2D eigenvalue weighted by Gasteiger charge is 2.03. The summed E-state index contributed by atoms with van der Waals surface area (Å²) in [4.78, 5) is 1.22. The third kappa shape index (κ3) is 3.13. The summed E-state index contributed by atoms with van der Waals surface area (Å²) < 4.78 is 13.0. The Hall–Kier alpha value is -1.70. The van der Waals surface area contributed by atoms with E-state index in [1.807, 2.05) is 17.5 Å². The highest BCUT2D eigenvalue weighted by molar-refractivity contribution is 7.09. The van der Waals surface area contributed by atoms with E-state index in [0.717, 1.165) is 6.54 Å². The van der Waals surface area contributed by atoms with Crippen molar-refractivity contribution in [3.63, 3.8) is 0 Å². The monoisotopic (exact) mass is 246 g/mol. The first-order chi connectivity index (χ1) is 8.29. The summed E-state index contributed by atoms with van der Waals surface area (Å²) >= 11 is 1.67. The molecule has 1 aromatic heterocycles. The van der Waals surface area contributed by atoms with Crippen molar-refractivity contribution in [2.45, 2.75) is 13.1 Å². The number of nitriles is 1. The number of thiophene rings is 1. The van der Waals surface area contributed by atoms with E-state index in [4.69, 9.17) is 5.26 Å². The van der Waals surface area contributed by atoms with Gasteiger partial charge in [-0.15, -0.1) is 11.3 Å². The Balaban J connectivity index is 1.99. The smallest absolute Gasteiger partial charge is 0.123 e. The van der Waals surface area contributed by atoms with E-state index in [9.17, 15) is 4.39 Å². The van der Waals surface area contributed by atoms with Crippen LogP contribution in [-0.4, -0.2) is 0 Å². The Morgan fingerprint density at radius 3 is 2.88 bits per heavy atom. The highest BCUT2D eigenvalue weighted by atomic mass is 32.1. The molecule has 0 aliphatic rings. The SMILES string of the molecule is N#Cc1ccc(F)cc1CNCc1cccs1. The Bertz CT molecular complexity index is 529. The second-order valence-electron chi connectivity index (χ2n) is 3.60. The van der Waals surface area contributed by atoms with E-state index >= 15 is 0 Å². The van der Waals surface area contributed by atoms with Crippen molar-refractivity contribution in [3.05, 3.63) is 57.5 Å². The maximum absolute atomic E-state index is 13.0. The largest absolute Gasteiger partial charge is 0.308 e. The van der Waals surface area contributed by atoms with Crippen LogP contribution < -0.4 is 5.32 Å². The molecular weight excluding hydrogens is 235 g/mol. The number of hydrogen-bond acceptors (Lipinski definition) is 3. The fourth-order valence-corrected chi connectivity index (χ4v) is 2.23. The molecule has 1 aromatic carbocycles. The Morgan fingerprint density at radius 2 is 2.18 bits per heavy atom. The molecule has 0 unspecified atom stereocenters. The van der Waals surface area contributed by atoms with E-state index in [-0.39, 0.29) is 5.82 Å². The third-order valence-electron chi connectivity index (χ3n) is 2.38. The molecule has 4 heteroatoms. The Morgan fingerprint density at radius 1 is 1.29 bits per heavy atom. The standard InChI is InChI=1S/C13H11FN2S/c14-12-4-3-10(7-15)11(6-12)8-16-9-13-2-1-5-17-13/h1-6,16H,8-9H2. The maximum Gasteiger partial charge on any atom is 0.123 e. The molecule has 2 rings (SSSR count). The zero-order valence-electron chi connectivity index (χ0n) is 9.11. The zero-order chi connectivity index (χ0) is 12.1. The minimum absolute atomic E-state index is 0.308. The van der Waals surface area contributed by atoms with Crippen molar-refractivity contribution in [1.29, 1.82) is 5.26 Å². The second-order valence-corrected chi connectivity index (χ2v) is 4.63. The van der Waals surface area contributed by atoms with Crippen LogP contribution in [0.3, 0.4) is 0 Å². The molecule has 0 saturated heterocycles. The number of rotatable bonds is 4. The molecule has 86 valence electrons. The molecule has 0 atom stereocenters. The molecule has 0 aliphatic carbocycles. The zero-order valence-corrected chi connectivity index (χ0v) is 9.93. The molecule has 17 heavy (non-hydrogen) atoms. The van der Waals surface area contributed by atoms with Gasteiger partial charge in [0, 0.05) is 18.0 Å². The van der Waals surface area contributed by atoms with Crippen LogP contribution in [0.4, 0.5) is 4.39 Å². The van der Waals surface area contributed by atoms with E-state index in [1.54, 1.807) is 11.3 Å². The second kappa shape index (κ2) is 5.58. The summed E-state index contributed by atoms with van der Waals surface area (Å²) in [6.07, 6.45) is 0. The number of halogens is 1. The van der Waals surface area contributed by atoms with Crippen molar-refractivity contribution < 1.29 is 4.39 Å². The van der Waals surface area contributed by atoms with Gasteiger partial charge in [0.2, 0.25) is 0 Å². The molecule has 0 spiro atoms. The topological polar surface area (TPSA) is 35.8 Å². The van der Waals surface area contributed by atoms with Crippen LogP contribution >= 0.6 is 11.3 Å². The van der Waals surface area contributed by atoms with Gasteiger partial charge < -0.3 is 5.32 Å². The average molecular weight is 246 g/mol. The van der Waals surface area contributed by atoms with Gasteiger partial charge >= 0.3 is 0 Å². The van der Waals surface area contributed by atoms with Crippen LogP contribution in [0.2, 0.25) is 0 Å². The predicted octanol–water partition coefficient (Wildman–Crippen LogP) is 3.05. The number of nitrogens with zero attached hydrogens (tertiary/aromatic N) is 1. The average Bonchev–Trinajstić information content (AvgIpc) is 2.82. The van der Waals surface area contributed by atoms with E-state index in [0.29, 0.717) is 17.7 Å². The molecule has 1 heterocycles. The van der Waals surface area contributed by atoms with Gasteiger partial charge in [0.1, 0.15) is 5.82 Å². The van der Waals surface area contributed by atoms with Gasteiger partial charge in [0.15, 0.2) is 0 Å². The molecule has 0 amide bonds. The van der Waals surface area contributed by atoms with Gasteiger partial charge in [0.05, 0.1) is 11.6 Å². The summed E-state index contributed by atoms with van der Waals surface area (Å²) in [5.74, 6) is -0.308. The third-order valence-corrected chi connectivity index (χ3v) is 3.26. The lowest BCUT2D eigenvalue weighted by atomic mass is 10.1. The Labute approximate surface area is 103 Å².